The lowest BCUT2D eigenvalue weighted by molar-refractivity contribution is 0.383. The molecule has 0 bridgehead atoms. The smallest absolute Gasteiger partial charge is 0.204 e. The van der Waals surface area contributed by atoms with Crippen LogP contribution in [0.5, 0.6) is 5.75 Å². The summed E-state index contributed by atoms with van der Waals surface area (Å²) in [4.78, 5) is 0. The molecular weight excluding hydrogens is 225 g/mol. The van der Waals surface area contributed by atoms with E-state index in [2.05, 4.69) is 9.68 Å². The van der Waals surface area contributed by atoms with Crippen molar-refractivity contribution in [3.8, 4) is 17.1 Å². The summed E-state index contributed by atoms with van der Waals surface area (Å²) in [6.45, 7) is 0. The second-order valence-electron chi connectivity index (χ2n) is 3.00. The first-order valence-electron chi connectivity index (χ1n) is 4.09. The highest BCUT2D eigenvalue weighted by Crippen LogP contribution is 2.34. The van der Waals surface area contributed by atoms with Crippen LogP contribution in [0.4, 0.5) is 19.0 Å². The van der Waals surface area contributed by atoms with E-state index in [4.69, 9.17) is 5.73 Å². The third kappa shape index (κ3) is 1.46. The standard InChI is InChI=1S/C9H5F3N2O2/c10-4-1-3(5-2-6(13)14-16-5)9(15)8(12)7(4)11/h1-2,15H,(H2,13,14). The lowest BCUT2D eigenvalue weighted by Crippen LogP contribution is -1.93. The fraction of sp³-hybridized carbons (Fsp3) is 0. The quantitative estimate of drug-likeness (QED) is 0.735. The number of aromatic nitrogens is 1. The molecule has 0 aliphatic rings. The van der Waals surface area contributed by atoms with Crippen molar-refractivity contribution in [1.82, 2.24) is 5.16 Å². The molecule has 0 aliphatic heterocycles. The van der Waals surface area contributed by atoms with Gasteiger partial charge < -0.3 is 15.4 Å². The molecule has 0 aliphatic carbocycles. The fourth-order valence-electron chi connectivity index (χ4n) is 1.19. The lowest BCUT2D eigenvalue weighted by Gasteiger charge is -2.03. The first-order chi connectivity index (χ1) is 7.50. The van der Waals surface area contributed by atoms with Crippen LogP contribution in [0.3, 0.4) is 0 Å². The van der Waals surface area contributed by atoms with Crippen molar-refractivity contribution in [2.24, 2.45) is 0 Å². The molecule has 2 aromatic rings. The van der Waals surface area contributed by atoms with Crippen LogP contribution < -0.4 is 5.73 Å². The number of hydrogen-bond donors (Lipinski definition) is 2. The van der Waals surface area contributed by atoms with E-state index < -0.39 is 23.2 Å². The molecule has 0 amide bonds. The highest BCUT2D eigenvalue weighted by atomic mass is 19.2. The zero-order valence-corrected chi connectivity index (χ0v) is 7.67. The van der Waals surface area contributed by atoms with E-state index in [1.54, 1.807) is 0 Å². The number of anilines is 1. The van der Waals surface area contributed by atoms with Gasteiger partial charge in [0.25, 0.3) is 0 Å². The molecule has 0 saturated heterocycles. The minimum absolute atomic E-state index is 0.0282. The molecule has 0 unspecified atom stereocenters. The van der Waals surface area contributed by atoms with Gasteiger partial charge >= 0.3 is 0 Å². The number of halogens is 3. The predicted octanol–water partition coefficient (Wildman–Crippen LogP) is 2.05. The molecular formula is C9H5F3N2O2. The van der Waals surface area contributed by atoms with Crippen molar-refractivity contribution in [1.29, 1.82) is 0 Å². The molecule has 0 fully saturated rings. The maximum atomic E-state index is 13.0. The summed E-state index contributed by atoms with van der Waals surface area (Å²) in [5.74, 6) is -6.14. The Morgan fingerprint density at radius 2 is 1.88 bits per heavy atom. The molecule has 84 valence electrons. The minimum Gasteiger partial charge on any atom is -0.504 e. The monoisotopic (exact) mass is 230 g/mol. The number of nitrogens with two attached hydrogens (primary N) is 1. The van der Waals surface area contributed by atoms with Gasteiger partial charge in [-0.15, -0.1) is 0 Å². The summed E-state index contributed by atoms with van der Waals surface area (Å²) in [6.07, 6.45) is 0. The van der Waals surface area contributed by atoms with E-state index >= 15 is 0 Å². The molecule has 4 nitrogen and oxygen atoms in total. The Morgan fingerprint density at radius 1 is 1.19 bits per heavy atom. The summed E-state index contributed by atoms with van der Waals surface area (Å²) in [5.41, 5.74) is 4.86. The molecule has 7 heteroatoms. The van der Waals surface area contributed by atoms with Gasteiger partial charge in [0.15, 0.2) is 29.0 Å². The molecule has 1 heterocycles. The largest absolute Gasteiger partial charge is 0.504 e. The molecule has 0 radical (unpaired) electrons. The summed E-state index contributed by atoms with van der Waals surface area (Å²) >= 11 is 0. The molecule has 16 heavy (non-hydrogen) atoms. The van der Waals surface area contributed by atoms with E-state index in [1.807, 2.05) is 0 Å². The van der Waals surface area contributed by atoms with Crippen LogP contribution in [0.1, 0.15) is 0 Å². The molecule has 0 spiro atoms. The van der Waals surface area contributed by atoms with Crippen LogP contribution in [-0.2, 0) is 0 Å². The number of nitrogens with zero attached hydrogens (tertiary/aromatic N) is 1. The normalized spacial score (nSPS) is 10.7. The molecule has 1 aromatic heterocycles. The van der Waals surface area contributed by atoms with Gasteiger partial charge in [-0.1, -0.05) is 5.16 Å². The van der Waals surface area contributed by atoms with Crippen LogP contribution in [0.2, 0.25) is 0 Å². The Kier molecular flexibility index (Phi) is 2.22. The number of benzene rings is 1. The van der Waals surface area contributed by atoms with E-state index in [-0.39, 0.29) is 17.1 Å². The Labute approximate surface area is 87.1 Å². The third-order valence-corrected chi connectivity index (χ3v) is 1.93. The van der Waals surface area contributed by atoms with Gasteiger partial charge in [0.05, 0.1) is 5.56 Å². The second kappa shape index (κ2) is 3.44. The molecule has 0 atom stereocenters. The van der Waals surface area contributed by atoms with E-state index in [9.17, 15) is 18.3 Å². The highest BCUT2D eigenvalue weighted by molar-refractivity contribution is 5.67. The first-order valence-corrected chi connectivity index (χ1v) is 4.09. The molecule has 1 aromatic carbocycles. The minimum atomic E-state index is -1.76. The van der Waals surface area contributed by atoms with Crippen LogP contribution in [0, 0.1) is 17.5 Å². The Morgan fingerprint density at radius 3 is 2.44 bits per heavy atom. The molecule has 0 saturated carbocycles. The van der Waals surface area contributed by atoms with Crippen LogP contribution >= 0.6 is 0 Å². The molecule has 3 N–H and O–H groups in total. The van der Waals surface area contributed by atoms with Gasteiger partial charge in [-0.3, -0.25) is 0 Å². The van der Waals surface area contributed by atoms with Crippen LogP contribution in [0.25, 0.3) is 11.3 Å². The van der Waals surface area contributed by atoms with Gasteiger partial charge in [0, 0.05) is 6.07 Å². The van der Waals surface area contributed by atoms with Gasteiger partial charge in [-0.2, -0.15) is 4.39 Å². The van der Waals surface area contributed by atoms with E-state index in [0.29, 0.717) is 6.07 Å². The van der Waals surface area contributed by atoms with Gasteiger partial charge in [-0.05, 0) is 6.07 Å². The van der Waals surface area contributed by atoms with Gasteiger partial charge in [0.2, 0.25) is 5.82 Å². The van der Waals surface area contributed by atoms with Crippen molar-refractivity contribution < 1.29 is 22.8 Å². The average Bonchev–Trinajstić information content (AvgIpc) is 2.67. The van der Waals surface area contributed by atoms with Crippen molar-refractivity contribution in [3.05, 3.63) is 29.6 Å². The Bertz CT molecular complexity index is 554. The van der Waals surface area contributed by atoms with Crippen molar-refractivity contribution >= 4 is 5.82 Å². The summed E-state index contributed by atoms with van der Waals surface area (Å²) in [7, 11) is 0. The zero-order valence-electron chi connectivity index (χ0n) is 7.67. The van der Waals surface area contributed by atoms with E-state index in [1.165, 1.54) is 0 Å². The number of aromatic hydroxyl groups is 1. The maximum Gasteiger partial charge on any atom is 0.204 e. The topological polar surface area (TPSA) is 72.3 Å². The Balaban J connectivity index is 2.66. The SMILES string of the molecule is Nc1cc(-c2cc(F)c(F)c(F)c2O)on1. The number of hydrogen-bond acceptors (Lipinski definition) is 4. The summed E-state index contributed by atoms with van der Waals surface area (Å²) < 4.78 is 43.2. The van der Waals surface area contributed by atoms with Crippen molar-refractivity contribution in [2.75, 3.05) is 5.73 Å². The number of phenols is 1. The lowest BCUT2D eigenvalue weighted by atomic mass is 10.1. The molecule has 2 rings (SSSR count). The fourth-order valence-corrected chi connectivity index (χ4v) is 1.19. The van der Waals surface area contributed by atoms with Crippen LogP contribution in [0.15, 0.2) is 16.7 Å². The van der Waals surface area contributed by atoms with Crippen LogP contribution in [-0.4, -0.2) is 10.3 Å². The van der Waals surface area contributed by atoms with Gasteiger partial charge in [0.1, 0.15) is 0 Å². The number of phenolic OH excluding ortho intramolecular Hbond substituents is 1. The first kappa shape index (κ1) is 10.3. The van der Waals surface area contributed by atoms with Crippen molar-refractivity contribution in [2.45, 2.75) is 0 Å². The average molecular weight is 230 g/mol. The Hall–Kier alpha value is -2.18. The predicted molar refractivity (Wildman–Crippen MR) is 47.9 cm³/mol. The maximum absolute atomic E-state index is 13.0. The zero-order chi connectivity index (χ0) is 11.9. The van der Waals surface area contributed by atoms with Gasteiger partial charge in [-0.25, -0.2) is 8.78 Å². The number of rotatable bonds is 1. The highest BCUT2D eigenvalue weighted by Gasteiger charge is 2.21. The summed E-state index contributed by atoms with van der Waals surface area (Å²) in [6, 6.07) is 1.74. The third-order valence-electron chi connectivity index (χ3n) is 1.93. The van der Waals surface area contributed by atoms with E-state index in [0.717, 1.165) is 6.07 Å². The summed E-state index contributed by atoms with van der Waals surface area (Å²) in [5, 5.41) is 12.5. The number of nitrogen functional groups attached to an aromatic ring is 1. The second-order valence-corrected chi connectivity index (χ2v) is 3.00. The van der Waals surface area contributed by atoms with Crippen molar-refractivity contribution in [3.63, 3.8) is 0 Å².